The number of carbonyl (C=O) groups is 3. The van der Waals surface area contributed by atoms with E-state index < -0.39 is 45.8 Å². The van der Waals surface area contributed by atoms with Gasteiger partial charge in [-0.3, -0.25) is 14.4 Å². The number of benzene rings is 2. The first kappa shape index (κ1) is 22.8. The van der Waals surface area contributed by atoms with Gasteiger partial charge in [0, 0.05) is 29.8 Å². The second-order valence-electron chi connectivity index (χ2n) is 8.00. The van der Waals surface area contributed by atoms with Gasteiger partial charge in [0.05, 0.1) is 11.5 Å². The van der Waals surface area contributed by atoms with Crippen LogP contribution >= 0.6 is 0 Å². The van der Waals surface area contributed by atoms with Gasteiger partial charge in [0.1, 0.15) is 19.1 Å². The van der Waals surface area contributed by atoms with Gasteiger partial charge >= 0.3 is 0 Å². The quantitative estimate of drug-likeness (QED) is 0.463. The van der Waals surface area contributed by atoms with Crippen molar-refractivity contribution in [2.24, 2.45) is 5.92 Å². The summed E-state index contributed by atoms with van der Waals surface area (Å²) in [5.74, 6) is -2.09. The Morgan fingerprint density at radius 3 is 2.42 bits per heavy atom. The smallest absolute Gasteiger partial charge is 0.235 e. The Balaban J connectivity index is 1.50. The van der Waals surface area contributed by atoms with E-state index >= 15 is 0 Å². The Morgan fingerprint density at radius 2 is 1.73 bits per heavy atom. The van der Waals surface area contributed by atoms with Crippen LogP contribution in [0.2, 0.25) is 0 Å². The first-order chi connectivity index (χ1) is 15.8. The molecule has 2 amide bonds. The Bertz CT molecular complexity index is 1160. The zero-order valence-corrected chi connectivity index (χ0v) is 18.6. The molecule has 2 aromatic rings. The van der Waals surface area contributed by atoms with Gasteiger partial charge in [-0.1, -0.05) is 30.3 Å². The Hall–Kier alpha value is -3.40. The number of amides is 2. The summed E-state index contributed by atoms with van der Waals surface area (Å²) in [5, 5.41) is 5.33. The predicted octanol–water partition coefficient (Wildman–Crippen LogP) is 1.59. The van der Waals surface area contributed by atoms with E-state index in [9.17, 15) is 22.8 Å². The van der Waals surface area contributed by atoms with Crippen molar-refractivity contribution in [2.45, 2.75) is 18.9 Å². The van der Waals surface area contributed by atoms with E-state index in [1.165, 1.54) is 0 Å². The third kappa shape index (κ3) is 5.70. The lowest BCUT2D eigenvalue weighted by Crippen LogP contribution is -2.40. The van der Waals surface area contributed by atoms with E-state index in [0.29, 0.717) is 42.4 Å². The number of ether oxygens (including phenoxy) is 2. The molecular weight excluding hydrogens is 448 g/mol. The van der Waals surface area contributed by atoms with Gasteiger partial charge in [0.25, 0.3) is 0 Å². The molecule has 9 nitrogen and oxygen atoms in total. The predicted molar refractivity (Wildman–Crippen MR) is 120 cm³/mol. The van der Waals surface area contributed by atoms with Gasteiger partial charge in [-0.15, -0.1) is 0 Å². The van der Waals surface area contributed by atoms with Crippen LogP contribution in [-0.2, 0) is 19.4 Å². The number of rotatable bonds is 7. The second kappa shape index (κ2) is 9.62. The summed E-state index contributed by atoms with van der Waals surface area (Å²) in [4.78, 5) is 38.8. The van der Waals surface area contributed by atoms with Crippen molar-refractivity contribution in [3.05, 3.63) is 54.1 Å². The molecule has 0 spiro atoms. The van der Waals surface area contributed by atoms with Crippen molar-refractivity contribution < 1.29 is 32.3 Å². The van der Waals surface area contributed by atoms with Gasteiger partial charge in [-0.25, -0.2) is 8.42 Å². The number of hydrogen-bond acceptors (Lipinski definition) is 7. The molecule has 2 aliphatic heterocycles. The Labute approximate surface area is 191 Å². The highest BCUT2D eigenvalue weighted by Crippen LogP contribution is 2.33. The van der Waals surface area contributed by atoms with Crippen molar-refractivity contribution in [1.82, 2.24) is 5.32 Å². The summed E-state index contributed by atoms with van der Waals surface area (Å²) in [6.07, 6.45) is -0.0879. The monoisotopic (exact) mass is 472 g/mol. The van der Waals surface area contributed by atoms with E-state index in [1.807, 2.05) is 0 Å². The maximum Gasteiger partial charge on any atom is 0.235 e. The van der Waals surface area contributed by atoms with Crippen LogP contribution in [0.15, 0.2) is 48.5 Å². The topological polar surface area (TPSA) is 128 Å². The Morgan fingerprint density at radius 1 is 1.00 bits per heavy atom. The molecule has 2 atom stereocenters. The number of ketones is 1. The maximum atomic E-state index is 13.1. The van der Waals surface area contributed by atoms with E-state index in [2.05, 4.69) is 10.6 Å². The summed E-state index contributed by atoms with van der Waals surface area (Å²) < 4.78 is 34.3. The van der Waals surface area contributed by atoms with Crippen LogP contribution in [0.25, 0.3) is 0 Å². The normalized spacial score (nSPS) is 19.3. The van der Waals surface area contributed by atoms with E-state index in [0.717, 1.165) is 0 Å². The highest BCUT2D eigenvalue weighted by Gasteiger charge is 2.33. The fourth-order valence-electron chi connectivity index (χ4n) is 3.84. The first-order valence-corrected chi connectivity index (χ1v) is 12.4. The third-order valence-corrected chi connectivity index (χ3v) is 7.26. The number of sulfone groups is 1. The average molecular weight is 473 g/mol. The largest absolute Gasteiger partial charge is 0.486 e. The molecule has 2 aromatic carbocycles. The van der Waals surface area contributed by atoms with Crippen LogP contribution in [0.1, 0.15) is 23.2 Å². The molecule has 0 bridgehead atoms. The molecule has 2 N–H and O–H groups in total. The van der Waals surface area contributed by atoms with Crippen molar-refractivity contribution >= 4 is 33.1 Å². The van der Waals surface area contributed by atoms with Gasteiger partial charge in [0.2, 0.25) is 11.8 Å². The molecule has 0 radical (unpaired) electrons. The summed E-state index contributed by atoms with van der Waals surface area (Å²) in [5.41, 5.74) is 0.702. The number of fused-ring (bicyclic) bond motifs is 1. The van der Waals surface area contributed by atoms with Gasteiger partial charge in [-0.05, 0) is 18.6 Å². The number of anilines is 1. The lowest BCUT2D eigenvalue weighted by atomic mass is 9.93. The minimum absolute atomic E-state index is 0.00885. The SMILES string of the molecule is O=C(C[C@@H](C(=O)Nc1ccc2c(c1)OCCO2)C(=O)c1ccccc1)N[C@@H]1CCS(=O)(=O)C1. The van der Waals surface area contributed by atoms with Gasteiger partial charge in [0.15, 0.2) is 27.1 Å². The number of hydrogen-bond donors (Lipinski definition) is 2. The maximum absolute atomic E-state index is 13.1. The van der Waals surface area contributed by atoms with Crippen LogP contribution in [0.3, 0.4) is 0 Å². The second-order valence-corrected chi connectivity index (χ2v) is 10.2. The molecule has 2 aliphatic rings. The molecular formula is C23H24N2O7S. The molecule has 0 saturated carbocycles. The van der Waals surface area contributed by atoms with Crippen molar-refractivity contribution in [1.29, 1.82) is 0 Å². The molecule has 10 heteroatoms. The number of carbonyl (C=O) groups excluding carboxylic acids is 3. The fourth-order valence-corrected chi connectivity index (χ4v) is 5.51. The van der Waals surface area contributed by atoms with Crippen LogP contribution in [0.4, 0.5) is 5.69 Å². The molecule has 33 heavy (non-hydrogen) atoms. The highest BCUT2D eigenvalue weighted by molar-refractivity contribution is 7.91. The molecule has 1 fully saturated rings. The minimum Gasteiger partial charge on any atom is -0.486 e. The molecule has 174 valence electrons. The minimum atomic E-state index is -3.18. The van der Waals surface area contributed by atoms with Crippen molar-refractivity contribution in [3.8, 4) is 11.5 Å². The fraction of sp³-hybridized carbons (Fsp3) is 0.348. The molecule has 0 aliphatic carbocycles. The van der Waals surface area contributed by atoms with Crippen LogP contribution in [0.5, 0.6) is 11.5 Å². The van der Waals surface area contributed by atoms with Gasteiger partial charge in [-0.2, -0.15) is 0 Å². The van der Waals surface area contributed by atoms with Crippen LogP contribution in [0, 0.1) is 5.92 Å². The molecule has 2 heterocycles. The lowest BCUT2D eigenvalue weighted by molar-refractivity contribution is -0.126. The molecule has 1 saturated heterocycles. The Kier molecular flexibility index (Phi) is 6.64. The summed E-state index contributed by atoms with van der Waals surface area (Å²) in [7, 11) is -3.18. The summed E-state index contributed by atoms with van der Waals surface area (Å²) in [6.45, 7) is 0.820. The zero-order valence-electron chi connectivity index (χ0n) is 17.8. The third-order valence-electron chi connectivity index (χ3n) is 5.49. The first-order valence-electron chi connectivity index (χ1n) is 10.6. The van der Waals surface area contributed by atoms with Crippen molar-refractivity contribution in [2.75, 3.05) is 30.0 Å². The van der Waals surface area contributed by atoms with E-state index in [1.54, 1.807) is 48.5 Å². The number of nitrogens with one attached hydrogen (secondary N) is 2. The van der Waals surface area contributed by atoms with Crippen molar-refractivity contribution in [3.63, 3.8) is 0 Å². The zero-order chi connectivity index (χ0) is 23.4. The molecule has 0 aromatic heterocycles. The lowest BCUT2D eigenvalue weighted by Gasteiger charge is -2.20. The standard InChI is InChI=1S/C23H24N2O7S/c26-21(24-17-8-11-33(29,30)14-17)13-18(22(27)15-4-2-1-3-5-15)23(28)25-16-6-7-19-20(12-16)32-10-9-31-19/h1-7,12,17-18H,8-11,13-14H2,(H,24,26)(H,25,28)/t17-,18-/m1/s1. The average Bonchev–Trinajstić information content (AvgIpc) is 3.15. The molecule has 4 rings (SSSR count). The van der Waals surface area contributed by atoms with E-state index in [4.69, 9.17) is 9.47 Å². The molecule has 0 unspecified atom stereocenters. The highest BCUT2D eigenvalue weighted by atomic mass is 32.2. The van der Waals surface area contributed by atoms with Crippen LogP contribution in [-0.4, -0.2) is 56.8 Å². The summed E-state index contributed by atoms with van der Waals surface area (Å²) in [6, 6.07) is 12.6. The summed E-state index contributed by atoms with van der Waals surface area (Å²) >= 11 is 0. The van der Waals surface area contributed by atoms with Crippen LogP contribution < -0.4 is 20.1 Å². The van der Waals surface area contributed by atoms with Gasteiger partial charge < -0.3 is 20.1 Å². The van der Waals surface area contributed by atoms with E-state index in [-0.39, 0.29) is 11.5 Å². The number of Topliss-reactive ketones (excluding diaryl/α,β-unsaturated/α-hetero) is 1.